The quantitative estimate of drug-likeness (QED) is 0.685. The highest BCUT2D eigenvalue weighted by Gasteiger charge is 2.33. The van der Waals surface area contributed by atoms with Crippen molar-refractivity contribution in [3.63, 3.8) is 0 Å². The number of carbonyl (C=O) groups excluding carboxylic acids is 1. The van der Waals surface area contributed by atoms with Crippen LogP contribution < -0.4 is 0 Å². The molecule has 0 aromatic carbocycles. The third-order valence-electron chi connectivity index (χ3n) is 3.71. The van der Waals surface area contributed by atoms with Crippen LogP contribution in [0.25, 0.3) is 0 Å². The molecule has 2 fully saturated rings. The Morgan fingerprint density at radius 1 is 1.32 bits per heavy atom. The van der Waals surface area contributed by atoms with E-state index in [0.717, 1.165) is 32.1 Å². The van der Waals surface area contributed by atoms with E-state index in [4.69, 9.17) is 4.74 Å². The fourth-order valence-electron chi connectivity index (χ4n) is 2.64. The first kappa shape index (κ1) is 15.0. The summed E-state index contributed by atoms with van der Waals surface area (Å²) in [5.74, 6) is 3.57. The van der Waals surface area contributed by atoms with Crippen molar-refractivity contribution < 1.29 is 9.53 Å². The number of ether oxygens (including phenoxy) is 1. The molecule has 110 valence electrons. The summed E-state index contributed by atoms with van der Waals surface area (Å²) < 4.78 is 5.53. The van der Waals surface area contributed by atoms with Crippen molar-refractivity contribution in [3.8, 4) is 0 Å². The lowest BCUT2D eigenvalue weighted by Gasteiger charge is -2.29. The fourth-order valence-corrected chi connectivity index (χ4v) is 3.93. The molecule has 2 aliphatic heterocycles. The lowest BCUT2D eigenvalue weighted by Crippen LogP contribution is -2.43. The summed E-state index contributed by atoms with van der Waals surface area (Å²) >= 11 is 2.02. The molecule has 0 aromatic rings. The van der Waals surface area contributed by atoms with E-state index in [9.17, 15) is 4.79 Å². The second kappa shape index (κ2) is 5.92. The average Bonchev–Trinajstić information content (AvgIpc) is 2.36. The molecule has 0 aromatic heterocycles. The summed E-state index contributed by atoms with van der Waals surface area (Å²) in [6, 6.07) is 0. The van der Waals surface area contributed by atoms with Crippen LogP contribution in [0.2, 0.25) is 0 Å². The third kappa shape index (κ3) is 4.28. The van der Waals surface area contributed by atoms with Crippen LogP contribution in [0.15, 0.2) is 0 Å². The molecule has 0 spiro atoms. The standard InChI is InChI=1S/C14H26N2O2S/c1-11-7-15-5-6-19-9-12(11)8-16(10-15)13(17)18-14(2,3)4/h11-12H,5-10H2,1-4H3. The molecule has 2 rings (SSSR count). The van der Waals surface area contributed by atoms with Crippen molar-refractivity contribution >= 4 is 17.9 Å². The molecule has 1 amide bonds. The Bertz CT molecular complexity index is 330. The second-order valence-electron chi connectivity index (χ2n) is 6.73. The molecule has 0 saturated carbocycles. The Morgan fingerprint density at radius 2 is 2.05 bits per heavy atom. The number of thioether (sulfide) groups is 1. The highest BCUT2D eigenvalue weighted by atomic mass is 32.2. The van der Waals surface area contributed by atoms with Gasteiger partial charge in [0.1, 0.15) is 5.60 Å². The Kier molecular flexibility index (Phi) is 4.66. The maximum Gasteiger partial charge on any atom is 0.411 e. The van der Waals surface area contributed by atoms with Crippen molar-refractivity contribution in [2.45, 2.75) is 33.3 Å². The maximum absolute atomic E-state index is 12.3. The first-order valence-corrected chi connectivity index (χ1v) is 8.28. The Labute approximate surface area is 120 Å². The minimum absolute atomic E-state index is 0.163. The Morgan fingerprint density at radius 3 is 2.74 bits per heavy atom. The van der Waals surface area contributed by atoms with Gasteiger partial charge in [0, 0.05) is 25.4 Å². The van der Waals surface area contributed by atoms with Gasteiger partial charge >= 0.3 is 6.09 Å². The zero-order chi connectivity index (χ0) is 14.0. The van der Waals surface area contributed by atoms with Crippen LogP contribution in [-0.2, 0) is 4.74 Å². The number of nitrogens with zero attached hydrogens (tertiary/aromatic N) is 2. The zero-order valence-electron chi connectivity index (χ0n) is 12.5. The molecular weight excluding hydrogens is 260 g/mol. The van der Waals surface area contributed by atoms with Gasteiger partial charge in [0.2, 0.25) is 0 Å². The van der Waals surface area contributed by atoms with Gasteiger partial charge in [-0.15, -0.1) is 0 Å². The Balaban J connectivity index is 2.07. The lowest BCUT2D eigenvalue weighted by atomic mass is 9.95. The number of amides is 1. The summed E-state index contributed by atoms with van der Waals surface area (Å²) in [6.45, 7) is 11.8. The van der Waals surface area contributed by atoms with Gasteiger partial charge in [-0.2, -0.15) is 11.8 Å². The zero-order valence-corrected chi connectivity index (χ0v) is 13.3. The molecule has 19 heavy (non-hydrogen) atoms. The van der Waals surface area contributed by atoms with E-state index in [1.165, 1.54) is 5.75 Å². The van der Waals surface area contributed by atoms with E-state index in [-0.39, 0.29) is 6.09 Å². The Hall–Kier alpha value is -0.420. The second-order valence-corrected chi connectivity index (χ2v) is 7.88. The van der Waals surface area contributed by atoms with E-state index in [0.29, 0.717) is 11.8 Å². The predicted octanol–water partition coefficient (Wildman–Crippen LogP) is 2.50. The van der Waals surface area contributed by atoms with Gasteiger partial charge in [-0.1, -0.05) is 6.92 Å². The lowest BCUT2D eigenvalue weighted by molar-refractivity contribution is 0.0154. The predicted molar refractivity (Wildman–Crippen MR) is 79.4 cm³/mol. The molecule has 3 atom stereocenters. The van der Waals surface area contributed by atoms with Gasteiger partial charge in [0.15, 0.2) is 0 Å². The SMILES string of the molecule is CC1CN2CCSCC1CN(C(=O)OC(C)(C)C)C2. The largest absolute Gasteiger partial charge is 0.444 e. The molecule has 0 aliphatic carbocycles. The number of fused-ring (bicyclic) bond motifs is 3. The molecule has 4 nitrogen and oxygen atoms in total. The van der Waals surface area contributed by atoms with Crippen LogP contribution >= 0.6 is 11.8 Å². The minimum Gasteiger partial charge on any atom is -0.444 e. The van der Waals surface area contributed by atoms with E-state index < -0.39 is 5.60 Å². The molecule has 3 unspecified atom stereocenters. The number of hydrogen-bond donors (Lipinski definition) is 0. The van der Waals surface area contributed by atoms with E-state index in [2.05, 4.69) is 11.8 Å². The van der Waals surface area contributed by atoms with Gasteiger partial charge in [0.05, 0.1) is 6.67 Å². The highest BCUT2D eigenvalue weighted by Crippen LogP contribution is 2.27. The third-order valence-corrected chi connectivity index (χ3v) is 4.85. The van der Waals surface area contributed by atoms with Crippen LogP contribution in [-0.4, -0.2) is 59.3 Å². The molecule has 2 bridgehead atoms. The summed E-state index contributed by atoms with van der Waals surface area (Å²) in [7, 11) is 0. The molecule has 2 heterocycles. The molecule has 2 aliphatic rings. The van der Waals surface area contributed by atoms with Crippen molar-refractivity contribution in [1.29, 1.82) is 0 Å². The summed E-state index contributed by atoms with van der Waals surface area (Å²) in [5, 5.41) is 0. The summed E-state index contributed by atoms with van der Waals surface area (Å²) in [6.07, 6.45) is -0.163. The van der Waals surface area contributed by atoms with Crippen molar-refractivity contribution in [2.24, 2.45) is 11.8 Å². The van der Waals surface area contributed by atoms with Gasteiger partial charge in [0.25, 0.3) is 0 Å². The van der Waals surface area contributed by atoms with E-state index >= 15 is 0 Å². The number of rotatable bonds is 0. The topological polar surface area (TPSA) is 32.8 Å². The van der Waals surface area contributed by atoms with Gasteiger partial charge < -0.3 is 4.74 Å². The monoisotopic (exact) mass is 286 g/mol. The van der Waals surface area contributed by atoms with Crippen molar-refractivity contribution in [2.75, 3.05) is 37.8 Å². The van der Waals surface area contributed by atoms with Crippen molar-refractivity contribution in [3.05, 3.63) is 0 Å². The van der Waals surface area contributed by atoms with Gasteiger partial charge in [-0.25, -0.2) is 4.79 Å². The smallest absolute Gasteiger partial charge is 0.411 e. The number of hydrogen-bond acceptors (Lipinski definition) is 4. The maximum atomic E-state index is 12.3. The van der Waals surface area contributed by atoms with Crippen LogP contribution in [0.4, 0.5) is 4.79 Å². The first-order chi connectivity index (χ1) is 8.85. The van der Waals surface area contributed by atoms with Gasteiger partial charge in [-0.05, 0) is 38.4 Å². The highest BCUT2D eigenvalue weighted by molar-refractivity contribution is 7.99. The van der Waals surface area contributed by atoms with E-state index in [1.54, 1.807) is 0 Å². The molecule has 0 N–H and O–H groups in total. The van der Waals surface area contributed by atoms with Gasteiger partial charge in [-0.3, -0.25) is 9.80 Å². The van der Waals surface area contributed by atoms with Crippen LogP contribution in [0.1, 0.15) is 27.7 Å². The van der Waals surface area contributed by atoms with Crippen LogP contribution in [0, 0.1) is 11.8 Å². The molecular formula is C14H26N2O2S. The van der Waals surface area contributed by atoms with Crippen LogP contribution in [0.3, 0.4) is 0 Å². The van der Waals surface area contributed by atoms with E-state index in [1.807, 2.05) is 37.4 Å². The molecule has 0 radical (unpaired) electrons. The van der Waals surface area contributed by atoms with Crippen molar-refractivity contribution in [1.82, 2.24) is 9.80 Å². The minimum atomic E-state index is -0.412. The normalized spacial score (nSPS) is 32.4. The molecule has 5 heteroatoms. The number of carbonyl (C=O) groups is 1. The average molecular weight is 286 g/mol. The first-order valence-electron chi connectivity index (χ1n) is 7.13. The van der Waals surface area contributed by atoms with Crippen LogP contribution in [0.5, 0.6) is 0 Å². The molecule has 2 saturated heterocycles. The summed E-state index contributed by atoms with van der Waals surface area (Å²) in [5.41, 5.74) is -0.412. The fraction of sp³-hybridized carbons (Fsp3) is 0.929. The summed E-state index contributed by atoms with van der Waals surface area (Å²) in [4.78, 5) is 16.6.